The van der Waals surface area contributed by atoms with Crippen LogP contribution in [-0.2, 0) is 9.53 Å². The minimum Gasteiger partial charge on any atom is -0.455 e. The summed E-state index contributed by atoms with van der Waals surface area (Å²) in [7, 11) is 1.32. The number of carbonyl (C=O) groups is 2. The number of para-hydroxylation sites is 3. The number of benzene rings is 2. The second kappa shape index (κ2) is 7.70. The first-order chi connectivity index (χ1) is 12.2. The van der Waals surface area contributed by atoms with Gasteiger partial charge in [0.2, 0.25) is 5.91 Å². The summed E-state index contributed by atoms with van der Waals surface area (Å²) >= 11 is 0. The first-order valence-electron chi connectivity index (χ1n) is 8.16. The largest absolute Gasteiger partial charge is 0.455 e. The zero-order valence-electron chi connectivity index (χ0n) is 14.0. The van der Waals surface area contributed by atoms with Gasteiger partial charge in [0.25, 0.3) is 0 Å². The standard InChI is InChI=1S/C19H20N2O4/c1-24-19(23)21-13-7-11-16(21)18(22)20-15-10-5-6-12-17(15)25-14-8-3-2-4-9-14/h2-6,8-10,12,16H,7,11,13H2,1H3,(H,20,22). The molecule has 1 N–H and O–H groups in total. The molecule has 3 rings (SSSR count). The van der Waals surface area contributed by atoms with Crippen molar-refractivity contribution in [3.8, 4) is 11.5 Å². The molecule has 1 aliphatic heterocycles. The van der Waals surface area contributed by atoms with E-state index in [9.17, 15) is 9.59 Å². The van der Waals surface area contributed by atoms with Crippen LogP contribution in [0.2, 0.25) is 0 Å². The normalized spacial score (nSPS) is 16.4. The number of rotatable bonds is 4. The van der Waals surface area contributed by atoms with Gasteiger partial charge in [-0.1, -0.05) is 30.3 Å². The Kier molecular flexibility index (Phi) is 5.18. The van der Waals surface area contributed by atoms with Crippen LogP contribution in [0, 0.1) is 0 Å². The number of nitrogens with zero attached hydrogens (tertiary/aromatic N) is 1. The number of hydrogen-bond acceptors (Lipinski definition) is 4. The maximum atomic E-state index is 12.6. The van der Waals surface area contributed by atoms with E-state index in [-0.39, 0.29) is 5.91 Å². The van der Waals surface area contributed by atoms with Crippen molar-refractivity contribution >= 4 is 17.7 Å². The first-order valence-corrected chi connectivity index (χ1v) is 8.16. The number of anilines is 1. The number of hydrogen-bond donors (Lipinski definition) is 1. The monoisotopic (exact) mass is 340 g/mol. The summed E-state index contributed by atoms with van der Waals surface area (Å²) in [5.74, 6) is 0.984. The van der Waals surface area contributed by atoms with Crippen molar-refractivity contribution in [3.05, 3.63) is 54.6 Å². The van der Waals surface area contributed by atoms with Crippen LogP contribution in [-0.4, -0.2) is 36.6 Å². The lowest BCUT2D eigenvalue weighted by Crippen LogP contribution is -2.43. The van der Waals surface area contributed by atoms with Gasteiger partial charge in [-0.15, -0.1) is 0 Å². The van der Waals surface area contributed by atoms with E-state index in [1.54, 1.807) is 12.1 Å². The fourth-order valence-corrected chi connectivity index (χ4v) is 2.87. The molecule has 1 fully saturated rings. The third kappa shape index (κ3) is 3.91. The highest BCUT2D eigenvalue weighted by molar-refractivity contribution is 5.98. The maximum absolute atomic E-state index is 12.6. The summed E-state index contributed by atoms with van der Waals surface area (Å²) in [6.45, 7) is 0.521. The Labute approximate surface area is 146 Å². The maximum Gasteiger partial charge on any atom is 0.410 e. The lowest BCUT2D eigenvalue weighted by Gasteiger charge is -2.22. The van der Waals surface area contributed by atoms with Crippen LogP contribution in [0.4, 0.5) is 10.5 Å². The van der Waals surface area contributed by atoms with Gasteiger partial charge in [0, 0.05) is 6.54 Å². The molecule has 2 amide bonds. The van der Waals surface area contributed by atoms with Gasteiger partial charge < -0.3 is 14.8 Å². The third-order valence-electron chi connectivity index (χ3n) is 4.08. The molecule has 1 unspecified atom stereocenters. The minimum absolute atomic E-state index is 0.244. The van der Waals surface area contributed by atoms with Crippen molar-refractivity contribution in [1.29, 1.82) is 0 Å². The Bertz CT molecular complexity index is 748. The fourth-order valence-electron chi connectivity index (χ4n) is 2.87. The molecule has 1 atom stereocenters. The average Bonchev–Trinajstić information content (AvgIpc) is 3.13. The van der Waals surface area contributed by atoms with E-state index in [0.29, 0.717) is 30.2 Å². The molecule has 0 saturated carbocycles. The van der Waals surface area contributed by atoms with Crippen molar-refractivity contribution in [2.45, 2.75) is 18.9 Å². The van der Waals surface area contributed by atoms with Gasteiger partial charge in [-0.2, -0.15) is 0 Å². The van der Waals surface area contributed by atoms with Gasteiger partial charge in [-0.3, -0.25) is 9.69 Å². The van der Waals surface area contributed by atoms with Gasteiger partial charge in [0.05, 0.1) is 12.8 Å². The van der Waals surface area contributed by atoms with Crippen molar-refractivity contribution in [2.75, 3.05) is 19.0 Å². The van der Waals surface area contributed by atoms with Gasteiger partial charge in [-0.25, -0.2) is 4.79 Å². The highest BCUT2D eigenvalue weighted by atomic mass is 16.5. The summed E-state index contributed by atoms with van der Waals surface area (Å²) in [5.41, 5.74) is 0.563. The van der Waals surface area contributed by atoms with Gasteiger partial charge in [-0.05, 0) is 37.1 Å². The summed E-state index contributed by atoms with van der Waals surface area (Å²) in [4.78, 5) is 25.9. The SMILES string of the molecule is COC(=O)N1CCCC1C(=O)Nc1ccccc1Oc1ccccc1. The average molecular weight is 340 g/mol. The van der Waals surface area contributed by atoms with Crippen LogP contribution in [0.15, 0.2) is 54.6 Å². The zero-order chi connectivity index (χ0) is 17.6. The molecule has 0 bridgehead atoms. The van der Waals surface area contributed by atoms with Crippen LogP contribution >= 0.6 is 0 Å². The van der Waals surface area contributed by atoms with Gasteiger partial charge in [0.15, 0.2) is 5.75 Å². The fraction of sp³-hybridized carbons (Fsp3) is 0.263. The van der Waals surface area contributed by atoms with Crippen molar-refractivity contribution in [3.63, 3.8) is 0 Å². The molecule has 130 valence electrons. The van der Waals surface area contributed by atoms with E-state index in [2.05, 4.69) is 5.32 Å². The molecular formula is C19H20N2O4. The molecule has 1 aliphatic rings. The predicted molar refractivity (Wildman–Crippen MR) is 93.7 cm³/mol. The molecule has 0 spiro atoms. The molecule has 1 saturated heterocycles. The number of nitrogens with one attached hydrogen (secondary N) is 1. The van der Waals surface area contributed by atoms with E-state index in [1.165, 1.54) is 12.0 Å². The van der Waals surface area contributed by atoms with Crippen LogP contribution in [0.1, 0.15) is 12.8 Å². The zero-order valence-corrected chi connectivity index (χ0v) is 14.0. The quantitative estimate of drug-likeness (QED) is 0.922. The Balaban J connectivity index is 1.74. The van der Waals surface area contributed by atoms with E-state index in [0.717, 1.165) is 6.42 Å². The molecule has 1 heterocycles. The number of methoxy groups -OCH3 is 1. The van der Waals surface area contributed by atoms with Crippen molar-refractivity contribution in [2.24, 2.45) is 0 Å². The summed E-state index contributed by atoms with van der Waals surface area (Å²) in [6, 6.07) is 16.0. The molecule has 25 heavy (non-hydrogen) atoms. The smallest absolute Gasteiger partial charge is 0.410 e. The number of ether oxygens (including phenoxy) is 2. The minimum atomic E-state index is -0.530. The second-order valence-electron chi connectivity index (χ2n) is 5.72. The Morgan fingerprint density at radius 1 is 1.08 bits per heavy atom. The van der Waals surface area contributed by atoms with E-state index in [1.807, 2.05) is 42.5 Å². The number of amides is 2. The molecular weight excluding hydrogens is 320 g/mol. The number of carbonyl (C=O) groups excluding carboxylic acids is 2. The van der Waals surface area contributed by atoms with E-state index < -0.39 is 12.1 Å². The Morgan fingerprint density at radius 3 is 2.56 bits per heavy atom. The molecule has 0 aliphatic carbocycles. The van der Waals surface area contributed by atoms with Crippen LogP contribution in [0.25, 0.3) is 0 Å². The molecule has 2 aromatic carbocycles. The van der Waals surface area contributed by atoms with Crippen LogP contribution in [0.5, 0.6) is 11.5 Å². The first kappa shape index (κ1) is 16.8. The molecule has 6 nitrogen and oxygen atoms in total. The molecule has 2 aromatic rings. The lowest BCUT2D eigenvalue weighted by atomic mass is 10.2. The summed E-state index contributed by atoms with van der Waals surface area (Å²) < 4.78 is 10.6. The van der Waals surface area contributed by atoms with E-state index >= 15 is 0 Å². The van der Waals surface area contributed by atoms with E-state index in [4.69, 9.17) is 9.47 Å². The Hall–Kier alpha value is -3.02. The Morgan fingerprint density at radius 2 is 1.80 bits per heavy atom. The number of likely N-dealkylation sites (tertiary alicyclic amines) is 1. The highest BCUT2D eigenvalue weighted by Crippen LogP contribution is 2.30. The molecule has 0 aromatic heterocycles. The summed E-state index contributed by atoms with van der Waals surface area (Å²) in [6.07, 6.45) is 0.907. The van der Waals surface area contributed by atoms with Crippen LogP contribution < -0.4 is 10.1 Å². The van der Waals surface area contributed by atoms with Crippen molar-refractivity contribution in [1.82, 2.24) is 4.90 Å². The summed E-state index contributed by atoms with van der Waals surface area (Å²) in [5, 5.41) is 2.87. The highest BCUT2D eigenvalue weighted by Gasteiger charge is 2.35. The molecule has 0 radical (unpaired) electrons. The molecule has 6 heteroatoms. The van der Waals surface area contributed by atoms with Gasteiger partial charge >= 0.3 is 6.09 Å². The third-order valence-corrected chi connectivity index (χ3v) is 4.08. The topological polar surface area (TPSA) is 67.9 Å². The van der Waals surface area contributed by atoms with Gasteiger partial charge in [0.1, 0.15) is 11.8 Å². The second-order valence-corrected chi connectivity index (χ2v) is 5.72. The van der Waals surface area contributed by atoms with Crippen molar-refractivity contribution < 1.29 is 19.1 Å². The predicted octanol–water partition coefficient (Wildman–Crippen LogP) is 3.65. The van der Waals surface area contributed by atoms with Crippen LogP contribution in [0.3, 0.4) is 0 Å². The lowest BCUT2D eigenvalue weighted by molar-refractivity contribution is -0.120.